The summed E-state index contributed by atoms with van der Waals surface area (Å²) in [5.41, 5.74) is 15.0. The Morgan fingerprint density at radius 2 is 0.660 bits per heavy atom. The lowest BCUT2D eigenvalue weighted by Crippen LogP contribution is -2.11. The maximum Gasteiger partial charge on any atom is 0.415 e. The molecule has 6 aromatic heterocycles. The smallest absolute Gasteiger partial charge is 0.309 e. The fourth-order valence-electron chi connectivity index (χ4n) is 13.1. The molecule has 8 nitrogen and oxygen atoms in total. The molecule has 0 saturated carbocycles. The van der Waals surface area contributed by atoms with E-state index in [0.717, 1.165) is 106 Å². The zero-order valence-electron chi connectivity index (χ0n) is 50.0. The van der Waals surface area contributed by atoms with E-state index in [2.05, 4.69) is 10.9 Å². The zero-order chi connectivity index (χ0) is 63.4. The maximum atomic E-state index is 16.5. The van der Waals surface area contributed by atoms with E-state index < -0.39 is 11.7 Å². The van der Waals surface area contributed by atoms with Crippen LogP contribution in [0.25, 0.3) is 160 Å². The van der Waals surface area contributed by atoms with Gasteiger partial charge in [0.2, 0.25) is 0 Å². The molecular formula is C83H49F3N8. The van der Waals surface area contributed by atoms with Gasteiger partial charge in [0.1, 0.15) is 0 Å². The van der Waals surface area contributed by atoms with Gasteiger partial charge in [0.15, 0.2) is 5.69 Å². The molecular weight excluding hydrogens is 1170 g/mol. The van der Waals surface area contributed by atoms with Crippen LogP contribution in [-0.2, 0) is 6.18 Å². The van der Waals surface area contributed by atoms with Crippen LogP contribution in [0.15, 0.2) is 298 Å². The number of hydrogen-bond acceptors (Lipinski definition) is 5. The highest BCUT2D eigenvalue weighted by molar-refractivity contribution is 6.14. The number of hydrogen-bond donors (Lipinski definition) is 0. The van der Waals surface area contributed by atoms with Crippen molar-refractivity contribution in [2.24, 2.45) is 0 Å². The third kappa shape index (κ3) is 10.1. The molecule has 0 radical (unpaired) electrons. The quantitative estimate of drug-likeness (QED) is 0.120. The molecule has 442 valence electrons. The number of nitriles is 1. The highest BCUT2D eigenvalue weighted by Crippen LogP contribution is 2.51. The van der Waals surface area contributed by atoms with Gasteiger partial charge < -0.3 is 9.13 Å². The van der Waals surface area contributed by atoms with E-state index in [0.29, 0.717) is 33.5 Å². The third-order valence-corrected chi connectivity index (χ3v) is 17.6. The number of benzene rings is 10. The molecule has 0 fully saturated rings. The number of nitrogens with zero attached hydrogens (tertiary/aromatic N) is 8. The summed E-state index contributed by atoms with van der Waals surface area (Å²) in [6, 6.07) is 89.5. The average molecular weight is 1220 g/mol. The van der Waals surface area contributed by atoms with Crippen LogP contribution in [0.4, 0.5) is 18.9 Å². The summed E-state index contributed by atoms with van der Waals surface area (Å²) in [6.07, 6.45) is 2.36. The second kappa shape index (κ2) is 23.2. The van der Waals surface area contributed by atoms with E-state index in [1.54, 1.807) is 12.1 Å². The van der Waals surface area contributed by atoms with E-state index in [4.69, 9.17) is 26.5 Å². The first-order valence-electron chi connectivity index (χ1n) is 30.5. The second-order valence-electron chi connectivity index (χ2n) is 23.1. The van der Waals surface area contributed by atoms with E-state index in [1.165, 1.54) is 12.1 Å². The maximum absolute atomic E-state index is 16.5. The van der Waals surface area contributed by atoms with Gasteiger partial charge in [-0.1, -0.05) is 212 Å². The molecule has 0 spiro atoms. The average Bonchev–Trinajstić information content (AvgIpc) is 1.55. The van der Waals surface area contributed by atoms with Crippen LogP contribution in [0.1, 0.15) is 11.1 Å². The fourth-order valence-corrected chi connectivity index (χ4v) is 13.1. The van der Waals surface area contributed by atoms with Gasteiger partial charge in [0.25, 0.3) is 0 Å². The number of alkyl halides is 3. The predicted octanol–water partition coefficient (Wildman–Crippen LogP) is 21.9. The Labute approximate surface area is 538 Å². The minimum absolute atomic E-state index is 0.0700. The van der Waals surface area contributed by atoms with Crippen molar-refractivity contribution >= 4 is 49.3 Å². The molecule has 0 atom stereocenters. The van der Waals surface area contributed by atoms with Gasteiger partial charge in [-0.2, -0.15) is 18.4 Å². The predicted molar refractivity (Wildman–Crippen MR) is 371 cm³/mol. The van der Waals surface area contributed by atoms with Crippen molar-refractivity contribution in [1.29, 1.82) is 5.26 Å². The highest BCUT2D eigenvalue weighted by atomic mass is 19.4. The molecule has 0 aliphatic rings. The monoisotopic (exact) mass is 1210 g/mol. The van der Waals surface area contributed by atoms with Crippen LogP contribution < -0.4 is 0 Å². The lowest BCUT2D eigenvalue weighted by atomic mass is 9.92. The second-order valence-corrected chi connectivity index (χ2v) is 23.1. The Bertz CT molecular complexity index is 5090. The zero-order valence-corrected chi connectivity index (χ0v) is 50.0. The van der Waals surface area contributed by atoms with Crippen LogP contribution in [0.2, 0.25) is 0 Å². The normalized spacial score (nSPS) is 11.5. The summed E-state index contributed by atoms with van der Waals surface area (Å²) in [7, 11) is 0. The van der Waals surface area contributed by atoms with Gasteiger partial charge in [0.05, 0.1) is 80.0 Å². The van der Waals surface area contributed by atoms with Crippen molar-refractivity contribution in [3.8, 4) is 118 Å². The number of halogens is 3. The number of aromatic nitrogens is 6. The van der Waals surface area contributed by atoms with Crippen LogP contribution in [0.3, 0.4) is 0 Å². The van der Waals surface area contributed by atoms with Crippen LogP contribution >= 0.6 is 0 Å². The molecule has 0 bridgehead atoms. The number of fused-ring (bicyclic) bond motifs is 6. The summed E-state index contributed by atoms with van der Waals surface area (Å²) < 4.78 is 53.3. The van der Waals surface area contributed by atoms with Crippen molar-refractivity contribution < 1.29 is 13.2 Å². The first-order valence-corrected chi connectivity index (χ1v) is 30.5. The lowest BCUT2D eigenvalue weighted by Gasteiger charge is -2.24. The molecule has 11 heteroatoms. The topological polar surface area (TPSA) is 89.6 Å². The Hall–Kier alpha value is -12.8. The van der Waals surface area contributed by atoms with E-state index in [9.17, 15) is 5.26 Å². The largest absolute Gasteiger partial charge is 0.415 e. The number of pyridine rings is 4. The molecule has 0 aliphatic carbocycles. The third-order valence-electron chi connectivity index (χ3n) is 17.6. The van der Waals surface area contributed by atoms with E-state index >= 15 is 13.2 Å². The van der Waals surface area contributed by atoms with Gasteiger partial charge >= 0.3 is 6.18 Å². The summed E-state index contributed by atoms with van der Waals surface area (Å²) in [6.45, 7) is 8.77. The van der Waals surface area contributed by atoms with Gasteiger partial charge in [-0.3, -0.25) is 19.9 Å². The van der Waals surface area contributed by atoms with Crippen molar-refractivity contribution in [3.63, 3.8) is 0 Å². The van der Waals surface area contributed by atoms with Gasteiger partial charge in [-0.25, -0.2) is 4.85 Å². The van der Waals surface area contributed by atoms with Crippen LogP contribution in [0, 0.1) is 17.9 Å². The minimum Gasteiger partial charge on any atom is -0.309 e. The molecule has 0 amide bonds. The van der Waals surface area contributed by atoms with Crippen molar-refractivity contribution in [1.82, 2.24) is 29.1 Å². The molecule has 0 aliphatic heterocycles. The number of rotatable bonds is 11. The molecule has 94 heavy (non-hydrogen) atoms. The summed E-state index contributed by atoms with van der Waals surface area (Å²) >= 11 is 0. The first-order chi connectivity index (χ1) is 46.1. The standard InChI is InChI=1S/C83H49F3N8/c1-88-74-24-14-23-69(83(84,85)86)81(74)82-79(93-75-43-57(63-31-37-70(89-50-63)55-19-10-4-11-20-55)25-33-65(75)67-35-27-59(45-77(67)93)72-39-29-61(48-91-72)53-15-6-2-7-16-53)41-52(47-87)42-80(82)94-76-44-58(64-32-38-71(90-51-64)56-21-12-5-13-22-56)26-34-66(76)68-36-28-60(46-78(68)94)73-40-30-62(49-92-73)54-17-8-3-9-18-54/h2-46,48-51H. The molecule has 0 saturated heterocycles. The van der Waals surface area contributed by atoms with Crippen molar-refractivity contribution in [2.45, 2.75) is 6.18 Å². The van der Waals surface area contributed by atoms with Gasteiger partial charge in [-0.15, -0.1) is 0 Å². The van der Waals surface area contributed by atoms with Crippen molar-refractivity contribution in [2.75, 3.05) is 0 Å². The van der Waals surface area contributed by atoms with Gasteiger partial charge in [0, 0.05) is 102 Å². The van der Waals surface area contributed by atoms with Crippen molar-refractivity contribution in [3.05, 3.63) is 320 Å². The molecule has 6 heterocycles. The Morgan fingerprint density at radius 1 is 0.330 bits per heavy atom. The summed E-state index contributed by atoms with van der Waals surface area (Å²) in [4.78, 5) is 23.7. The van der Waals surface area contributed by atoms with E-state index in [1.807, 2.05) is 277 Å². The molecule has 16 aromatic rings. The Morgan fingerprint density at radius 3 is 1.00 bits per heavy atom. The van der Waals surface area contributed by atoms with Gasteiger partial charge in [-0.05, 0) is 82.9 Å². The summed E-state index contributed by atoms with van der Waals surface area (Å²) in [5, 5.41) is 14.7. The minimum atomic E-state index is -4.96. The lowest BCUT2D eigenvalue weighted by molar-refractivity contribution is -0.137. The molecule has 10 aromatic carbocycles. The highest BCUT2D eigenvalue weighted by Gasteiger charge is 2.37. The summed E-state index contributed by atoms with van der Waals surface area (Å²) in [5.74, 6) is 0. The van der Waals surface area contributed by atoms with Crippen LogP contribution in [-0.4, -0.2) is 29.1 Å². The molecule has 0 unspecified atom stereocenters. The molecule has 0 N–H and O–H groups in total. The fraction of sp³-hybridized carbons (Fsp3) is 0.0120. The Balaban J connectivity index is 1.01. The molecule has 16 rings (SSSR count). The van der Waals surface area contributed by atoms with E-state index in [-0.39, 0.29) is 33.8 Å². The van der Waals surface area contributed by atoms with Crippen LogP contribution in [0.5, 0.6) is 0 Å². The Kier molecular flexibility index (Phi) is 13.9. The first kappa shape index (κ1) is 56.4. The SMILES string of the molecule is [C-]#[N+]c1cccc(C(F)(F)F)c1-c1c(-n2c3cc(-c4ccc(-c5ccccc5)nc4)ccc3c3ccc(-c4ccc(-c5ccccc5)cn4)cc32)cc(C#N)cc1-n1c2cc(-c3ccc(-c4ccccc4)nc3)ccc2c2ccc(-c3ccc(-c4ccccc4)cn3)cc21.